The number of thioether (sulfide) groups is 1. The topological polar surface area (TPSA) is 95.8 Å². The van der Waals surface area contributed by atoms with Crippen molar-refractivity contribution in [3.63, 3.8) is 0 Å². The number of amides is 1. The Hall–Kier alpha value is -3.70. The number of nitrogens with zero attached hydrogens (tertiary/aromatic N) is 4. The maximum absolute atomic E-state index is 14.6. The lowest BCUT2D eigenvalue weighted by atomic mass is 10.0. The highest BCUT2D eigenvalue weighted by Gasteiger charge is 2.34. The summed E-state index contributed by atoms with van der Waals surface area (Å²) in [7, 11) is 4.81. The Morgan fingerprint density at radius 1 is 1.31 bits per heavy atom. The number of likely N-dealkylation sites (tertiary alicyclic amines) is 1. The minimum absolute atomic E-state index is 0.0230. The maximum Gasteiger partial charge on any atom is 0.446 e. The molecule has 0 radical (unpaired) electrons. The number of nitrogens with one attached hydrogen (secondary N) is 3. The van der Waals surface area contributed by atoms with Crippen molar-refractivity contribution in [2.45, 2.75) is 29.0 Å². The lowest BCUT2D eigenvalue weighted by Crippen LogP contribution is -2.46. The number of ether oxygens (including phenoxy) is 1. The summed E-state index contributed by atoms with van der Waals surface area (Å²) in [5.74, 6) is 5.97. The van der Waals surface area contributed by atoms with Crippen molar-refractivity contribution in [3.8, 4) is 17.6 Å². The molecule has 2 aromatic heterocycles. The van der Waals surface area contributed by atoms with Crippen LogP contribution in [0, 0.1) is 11.8 Å². The predicted octanol–water partition coefficient (Wildman–Crippen LogP) is 3.63. The molecule has 0 bridgehead atoms. The van der Waals surface area contributed by atoms with Crippen LogP contribution in [0.4, 0.5) is 29.1 Å². The number of carbonyl (C=O) groups excluding carboxylic acids is 1. The van der Waals surface area contributed by atoms with Gasteiger partial charge >= 0.3 is 5.51 Å². The van der Waals surface area contributed by atoms with Gasteiger partial charge in [-0.25, -0.2) is 9.37 Å². The molecule has 3 heterocycles. The average molecular weight is 566 g/mol. The minimum atomic E-state index is -4.60. The standard InChI is InChI=1S/C25H27F4N7O2S/c1-30-24(37)15-6-7-20(38-3)19(13-15)31-10-4-5-18-22(39-25(27,28)29)23-32-11-8-21(36(23)34-18)33-17-9-12-35(2)14-16(17)26/h6-8,11,13,16-17,31,33H,9-10,12,14H2,1-3H3,(H,30,37)/t16-,17+/m0/s1. The minimum Gasteiger partial charge on any atom is -0.495 e. The van der Waals surface area contributed by atoms with E-state index < -0.39 is 17.7 Å². The van der Waals surface area contributed by atoms with Gasteiger partial charge in [-0.2, -0.15) is 22.8 Å². The van der Waals surface area contributed by atoms with Crippen LogP contribution in [0.15, 0.2) is 35.4 Å². The first-order chi connectivity index (χ1) is 18.6. The number of halogens is 4. The molecule has 208 valence electrons. The quantitative estimate of drug-likeness (QED) is 0.227. The van der Waals surface area contributed by atoms with Gasteiger partial charge in [0.2, 0.25) is 0 Å². The molecule has 1 amide bonds. The number of fused-ring (bicyclic) bond motifs is 1. The van der Waals surface area contributed by atoms with Gasteiger partial charge in [-0.15, -0.1) is 0 Å². The third-order valence-electron chi connectivity index (χ3n) is 6.03. The number of piperidine rings is 1. The SMILES string of the molecule is CNC(=O)c1ccc(OC)c(NCC#Cc2nn3c(N[C@@H]4CCN(C)C[C@@H]4F)ccnc3c2SC(F)(F)F)c1. The summed E-state index contributed by atoms with van der Waals surface area (Å²) in [5.41, 5.74) is -3.88. The Morgan fingerprint density at radius 2 is 2.10 bits per heavy atom. The first-order valence-electron chi connectivity index (χ1n) is 11.9. The summed E-state index contributed by atoms with van der Waals surface area (Å²) in [4.78, 5) is 17.7. The Morgan fingerprint density at radius 3 is 2.79 bits per heavy atom. The van der Waals surface area contributed by atoms with Crippen LogP contribution < -0.4 is 20.7 Å². The van der Waals surface area contributed by atoms with E-state index in [2.05, 4.69) is 37.9 Å². The first-order valence-corrected chi connectivity index (χ1v) is 12.8. The Kier molecular flexibility index (Phi) is 8.71. The van der Waals surface area contributed by atoms with Crippen LogP contribution in [0.3, 0.4) is 0 Å². The largest absolute Gasteiger partial charge is 0.495 e. The highest BCUT2D eigenvalue weighted by Crippen LogP contribution is 2.40. The predicted molar refractivity (Wildman–Crippen MR) is 141 cm³/mol. The number of hydrogen-bond acceptors (Lipinski definition) is 8. The van der Waals surface area contributed by atoms with Crippen molar-refractivity contribution >= 4 is 34.8 Å². The van der Waals surface area contributed by atoms with Crippen LogP contribution in [-0.4, -0.2) is 84.0 Å². The summed E-state index contributed by atoms with van der Waals surface area (Å²) in [6.45, 7) is 0.955. The third kappa shape index (κ3) is 6.85. The zero-order chi connectivity index (χ0) is 28.2. The molecule has 3 aromatic rings. The van der Waals surface area contributed by atoms with Crippen LogP contribution in [0.1, 0.15) is 22.5 Å². The van der Waals surface area contributed by atoms with E-state index in [4.69, 9.17) is 4.74 Å². The summed E-state index contributed by atoms with van der Waals surface area (Å²) in [6, 6.07) is 5.82. The van der Waals surface area contributed by atoms with Crippen molar-refractivity contribution < 1.29 is 27.1 Å². The normalized spacial score (nSPS) is 17.8. The molecule has 0 unspecified atom stereocenters. The van der Waals surface area contributed by atoms with Crippen LogP contribution in [-0.2, 0) is 0 Å². The molecular formula is C25H27F4N7O2S. The molecule has 0 spiro atoms. The van der Waals surface area contributed by atoms with E-state index >= 15 is 0 Å². The van der Waals surface area contributed by atoms with Gasteiger partial charge in [0.05, 0.1) is 30.3 Å². The summed E-state index contributed by atoms with van der Waals surface area (Å²) in [5, 5.41) is 12.9. The molecule has 1 saturated heterocycles. The van der Waals surface area contributed by atoms with Gasteiger partial charge in [-0.3, -0.25) is 4.79 Å². The van der Waals surface area contributed by atoms with Gasteiger partial charge in [0.15, 0.2) is 11.3 Å². The van der Waals surface area contributed by atoms with E-state index in [-0.39, 0.29) is 47.0 Å². The van der Waals surface area contributed by atoms with Gasteiger partial charge in [-0.05, 0) is 55.4 Å². The third-order valence-corrected chi connectivity index (χ3v) is 6.85. The number of hydrogen-bond donors (Lipinski definition) is 3. The molecule has 3 N–H and O–H groups in total. The molecule has 0 aliphatic carbocycles. The molecule has 1 fully saturated rings. The summed E-state index contributed by atoms with van der Waals surface area (Å²) < 4.78 is 61.5. The van der Waals surface area contributed by atoms with Crippen molar-refractivity contribution in [2.75, 3.05) is 51.5 Å². The fourth-order valence-electron chi connectivity index (χ4n) is 4.13. The first kappa shape index (κ1) is 28.3. The van der Waals surface area contributed by atoms with Crippen LogP contribution in [0.25, 0.3) is 5.65 Å². The zero-order valence-electron chi connectivity index (χ0n) is 21.4. The Balaban J connectivity index is 1.61. The van der Waals surface area contributed by atoms with E-state index in [0.29, 0.717) is 35.8 Å². The average Bonchev–Trinajstić information content (AvgIpc) is 3.24. The lowest BCUT2D eigenvalue weighted by Gasteiger charge is -2.33. The van der Waals surface area contributed by atoms with Crippen molar-refractivity contribution in [3.05, 3.63) is 41.7 Å². The van der Waals surface area contributed by atoms with E-state index in [9.17, 15) is 22.4 Å². The van der Waals surface area contributed by atoms with Gasteiger partial charge in [0.25, 0.3) is 5.91 Å². The number of methoxy groups -OCH3 is 1. The van der Waals surface area contributed by atoms with Crippen molar-refractivity contribution in [1.82, 2.24) is 24.8 Å². The second-order valence-corrected chi connectivity index (χ2v) is 9.83. The molecule has 9 nitrogen and oxygen atoms in total. The van der Waals surface area contributed by atoms with Crippen molar-refractivity contribution in [1.29, 1.82) is 0 Å². The van der Waals surface area contributed by atoms with E-state index in [1.54, 1.807) is 18.2 Å². The van der Waals surface area contributed by atoms with Crippen LogP contribution in [0.2, 0.25) is 0 Å². The Bertz CT molecular complexity index is 1400. The fraction of sp³-hybridized carbons (Fsp3) is 0.400. The molecule has 14 heteroatoms. The summed E-state index contributed by atoms with van der Waals surface area (Å²) >= 11 is -0.354. The smallest absolute Gasteiger partial charge is 0.446 e. The molecule has 2 atom stereocenters. The van der Waals surface area contributed by atoms with Crippen LogP contribution >= 0.6 is 11.8 Å². The Labute approximate surface area is 226 Å². The molecule has 0 saturated carbocycles. The number of benzene rings is 1. The van der Waals surface area contributed by atoms with Gasteiger partial charge in [0, 0.05) is 31.9 Å². The highest BCUT2D eigenvalue weighted by atomic mass is 32.2. The van der Waals surface area contributed by atoms with E-state index in [0.717, 1.165) is 0 Å². The van der Waals surface area contributed by atoms with Crippen molar-refractivity contribution in [2.24, 2.45) is 0 Å². The fourth-order valence-corrected chi connectivity index (χ4v) is 4.78. The molecular weight excluding hydrogens is 538 g/mol. The second kappa shape index (κ2) is 12.0. The molecule has 4 rings (SSSR count). The number of aromatic nitrogens is 3. The van der Waals surface area contributed by atoms with E-state index in [1.807, 2.05) is 11.9 Å². The molecule has 1 aliphatic heterocycles. The van der Waals surface area contributed by atoms with Gasteiger partial charge < -0.3 is 25.6 Å². The molecule has 1 aromatic carbocycles. The number of anilines is 2. The van der Waals surface area contributed by atoms with Gasteiger partial charge in [-0.1, -0.05) is 5.92 Å². The highest BCUT2D eigenvalue weighted by molar-refractivity contribution is 8.00. The van der Waals surface area contributed by atoms with Crippen LogP contribution in [0.5, 0.6) is 5.75 Å². The zero-order valence-corrected chi connectivity index (χ0v) is 22.2. The molecule has 39 heavy (non-hydrogen) atoms. The van der Waals surface area contributed by atoms with Gasteiger partial charge in [0.1, 0.15) is 17.7 Å². The summed E-state index contributed by atoms with van der Waals surface area (Å²) in [6.07, 6.45) is 0.721. The second-order valence-electron chi connectivity index (χ2n) is 8.76. The number of alkyl halides is 4. The number of rotatable bonds is 7. The lowest BCUT2D eigenvalue weighted by molar-refractivity contribution is -0.0328. The van der Waals surface area contributed by atoms with E-state index in [1.165, 1.54) is 30.9 Å². The maximum atomic E-state index is 14.6. The monoisotopic (exact) mass is 565 g/mol. The number of carbonyl (C=O) groups is 1. The molecule has 1 aliphatic rings.